The molecule has 1 aliphatic heterocycles. The number of hydrogen-bond donors (Lipinski definition) is 2. The van der Waals surface area contributed by atoms with E-state index in [1.165, 1.54) is 11.1 Å². The highest BCUT2D eigenvalue weighted by Gasteiger charge is 2.35. The Labute approximate surface area is 248 Å². The Hall–Kier alpha value is -2.86. The number of carbonyl (C=O) groups is 2. The summed E-state index contributed by atoms with van der Waals surface area (Å²) in [6.07, 6.45) is 2.71. The summed E-state index contributed by atoms with van der Waals surface area (Å²) >= 11 is 0. The Morgan fingerprint density at radius 3 is 1.54 bits per heavy atom. The van der Waals surface area contributed by atoms with Gasteiger partial charge in [0.1, 0.15) is 5.75 Å². The number of aliphatic hydroxyl groups is 1. The first-order valence-corrected chi connectivity index (χ1v) is 14.8. The van der Waals surface area contributed by atoms with Gasteiger partial charge >= 0.3 is 11.9 Å². The maximum Gasteiger partial charge on any atom is 0.347 e. The van der Waals surface area contributed by atoms with Crippen LogP contribution in [0.25, 0.3) is 0 Å². The fourth-order valence-electron chi connectivity index (χ4n) is 3.67. The van der Waals surface area contributed by atoms with E-state index in [2.05, 4.69) is 53.7 Å². The van der Waals surface area contributed by atoms with Crippen LogP contribution in [0.15, 0.2) is 48.5 Å². The minimum Gasteiger partial charge on any atom is -0.508 e. The molecule has 1 heterocycles. The zero-order valence-electron chi connectivity index (χ0n) is 27.3. The Bertz CT molecular complexity index is 1090. The number of benzene rings is 2. The maximum absolute atomic E-state index is 11.6. The molecule has 1 unspecified atom stereocenters. The standard InChI is InChI=1S/C14H22O.C11H16O.C10H16O4/c1-6-13(2,3)11-7-9-12(10-8-11)14(4,5)15;1-4-11(2,3)9-5-7-10(12)8-6-9;1-4-10(2,3)9(12)14-7-5-6-13-8(7)11/h7-10,15H,6H2,1-5H3;5-8,12H,4H2,1-3H3;7H,4-6H2,1-3H3. The van der Waals surface area contributed by atoms with Gasteiger partial charge in [0.25, 0.3) is 0 Å². The molecule has 6 nitrogen and oxygen atoms in total. The molecule has 41 heavy (non-hydrogen) atoms. The highest BCUT2D eigenvalue weighted by molar-refractivity contribution is 5.82. The van der Waals surface area contributed by atoms with Crippen LogP contribution in [-0.2, 0) is 35.5 Å². The fourth-order valence-corrected chi connectivity index (χ4v) is 3.67. The molecule has 1 saturated heterocycles. The zero-order chi connectivity index (χ0) is 31.6. The summed E-state index contributed by atoms with van der Waals surface area (Å²) in [5.41, 5.74) is 2.75. The Balaban J connectivity index is 0.000000309. The van der Waals surface area contributed by atoms with Gasteiger partial charge in [-0.2, -0.15) is 0 Å². The first-order chi connectivity index (χ1) is 18.8. The third-order valence-corrected chi connectivity index (χ3v) is 8.36. The van der Waals surface area contributed by atoms with E-state index in [-0.39, 0.29) is 16.8 Å². The molecule has 1 aliphatic rings. The van der Waals surface area contributed by atoms with Crippen LogP contribution in [0.4, 0.5) is 0 Å². The summed E-state index contributed by atoms with van der Waals surface area (Å²) in [5.74, 6) is -0.417. The number of ether oxygens (including phenoxy) is 2. The third-order valence-electron chi connectivity index (χ3n) is 8.36. The van der Waals surface area contributed by atoms with Gasteiger partial charge in [0.2, 0.25) is 6.10 Å². The minimum absolute atomic E-state index is 0.216. The zero-order valence-corrected chi connectivity index (χ0v) is 27.3. The second-order valence-electron chi connectivity index (χ2n) is 13.2. The van der Waals surface area contributed by atoms with Crippen molar-refractivity contribution >= 4 is 11.9 Å². The van der Waals surface area contributed by atoms with Crippen molar-refractivity contribution < 1.29 is 29.3 Å². The van der Waals surface area contributed by atoms with Crippen LogP contribution in [0.5, 0.6) is 5.75 Å². The van der Waals surface area contributed by atoms with Crippen molar-refractivity contribution in [2.24, 2.45) is 5.41 Å². The van der Waals surface area contributed by atoms with E-state index < -0.39 is 23.1 Å². The van der Waals surface area contributed by atoms with Gasteiger partial charge in [-0.05, 0) is 86.6 Å². The van der Waals surface area contributed by atoms with Crippen molar-refractivity contribution in [2.75, 3.05) is 6.61 Å². The minimum atomic E-state index is -0.741. The van der Waals surface area contributed by atoms with Crippen LogP contribution in [0, 0.1) is 5.41 Å². The normalized spacial score (nSPS) is 15.6. The van der Waals surface area contributed by atoms with E-state index in [9.17, 15) is 14.7 Å². The number of hydrogen-bond acceptors (Lipinski definition) is 6. The first-order valence-electron chi connectivity index (χ1n) is 14.8. The molecule has 0 amide bonds. The summed E-state index contributed by atoms with van der Waals surface area (Å²) < 4.78 is 9.76. The molecule has 3 rings (SSSR count). The smallest absolute Gasteiger partial charge is 0.347 e. The van der Waals surface area contributed by atoms with Crippen molar-refractivity contribution in [2.45, 2.75) is 124 Å². The molecule has 0 bridgehead atoms. The van der Waals surface area contributed by atoms with Crippen molar-refractivity contribution in [3.05, 3.63) is 65.2 Å². The lowest BCUT2D eigenvalue weighted by atomic mass is 9.81. The summed E-state index contributed by atoms with van der Waals surface area (Å²) in [6, 6.07) is 15.7. The van der Waals surface area contributed by atoms with E-state index in [1.807, 2.05) is 45.0 Å². The number of carbonyl (C=O) groups excluding carboxylic acids is 2. The van der Waals surface area contributed by atoms with Crippen LogP contribution in [0.1, 0.15) is 119 Å². The molecule has 0 aromatic heterocycles. The number of aromatic hydroxyl groups is 1. The van der Waals surface area contributed by atoms with E-state index in [0.717, 1.165) is 18.4 Å². The van der Waals surface area contributed by atoms with Crippen LogP contribution in [-0.4, -0.2) is 34.9 Å². The van der Waals surface area contributed by atoms with Crippen LogP contribution >= 0.6 is 0 Å². The lowest BCUT2D eigenvalue weighted by molar-refractivity contribution is -0.167. The summed E-state index contributed by atoms with van der Waals surface area (Å²) in [4.78, 5) is 22.6. The lowest BCUT2D eigenvalue weighted by Gasteiger charge is -2.25. The average Bonchev–Trinajstić information content (AvgIpc) is 3.33. The van der Waals surface area contributed by atoms with Crippen LogP contribution < -0.4 is 0 Å². The Morgan fingerprint density at radius 1 is 0.780 bits per heavy atom. The van der Waals surface area contributed by atoms with Gasteiger partial charge in [0.05, 0.1) is 17.6 Å². The molecule has 0 spiro atoms. The SMILES string of the molecule is CCC(C)(C)C(=O)OC1CCOC1=O.CCC(C)(C)c1ccc(C(C)(C)O)cc1.CCC(C)(C)c1ccc(O)cc1. The average molecular weight is 571 g/mol. The van der Waals surface area contributed by atoms with E-state index in [0.29, 0.717) is 25.2 Å². The summed E-state index contributed by atoms with van der Waals surface area (Å²) in [6.45, 7) is 22.8. The van der Waals surface area contributed by atoms with Gasteiger partial charge < -0.3 is 19.7 Å². The third kappa shape index (κ3) is 11.1. The molecule has 1 fully saturated rings. The predicted octanol–water partition coefficient (Wildman–Crippen LogP) is 7.96. The van der Waals surface area contributed by atoms with E-state index >= 15 is 0 Å². The van der Waals surface area contributed by atoms with Gasteiger partial charge in [-0.3, -0.25) is 4.79 Å². The highest BCUT2D eigenvalue weighted by Crippen LogP contribution is 2.29. The van der Waals surface area contributed by atoms with Crippen molar-refractivity contribution in [1.29, 1.82) is 0 Å². The Morgan fingerprint density at radius 2 is 1.20 bits per heavy atom. The molecule has 2 N–H and O–H groups in total. The van der Waals surface area contributed by atoms with Gasteiger partial charge in [-0.1, -0.05) is 84.9 Å². The summed E-state index contributed by atoms with van der Waals surface area (Å²) in [7, 11) is 0. The molecule has 0 saturated carbocycles. The fraction of sp³-hybridized carbons (Fsp3) is 0.600. The highest BCUT2D eigenvalue weighted by atomic mass is 16.6. The monoisotopic (exact) mass is 570 g/mol. The first kappa shape index (κ1) is 36.2. The van der Waals surface area contributed by atoms with E-state index in [1.54, 1.807) is 26.0 Å². The number of rotatable bonds is 8. The quantitative estimate of drug-likeness (QED) is 0.313. The number of phenols is 1. The number of phenolic OH excluding ortho intramolecular Hbond substituents is 1. The van der Waals surface area contributed by atoms with Gasteiger partial charge in [0, 0.05) is 6.42 Å². The molecular formula is C35H54O6. The molecule has 2 aromatic carbocycles. The summed E-state index contributed by atoms with van der Waals surface area (Å²) in [5, 5.41) is 18.9. The lowest BCUT2D eigenvalue weighted by Crippen LogP contribution is -2.32. The Kier molecular flexibility index (Phi) is 13.1. The van der Waals surface area contributed by atoms with Gasteiger partial charge in [-0.15, -0.1) is 0 Å². The second-order valence-corrected chi connectivity index (χ2v) is 13.2. The largest absolute Gasteiger partial charge is 0.508 e. The van der Waals surface area contributed by atoms with Gasteiger partial charge in [-0.25, -0.2) is 4.79 Å². The van der Waals surface area contributed by atoms with Crippen molar-refractivity contribution in [3.63, 3.8) is 0 Å². The molecule has 0 radical (unpaired) electrons. The van der Waals surface area contributed by atoms with Crippen LogP contribution in [0.3, 0.4) is 0 Å². The molecule has 230 valence electrons. The molecule has 6 heteroatoms. The van der Waals surface area contributed by atoms with Crippen LogP contribution in [0.2, 0.25) is 0 Å². The van der Waals surface area contributed by atoms with Crippen molar-refractivity contribution in [1.82, 2.24) is 0 Å². The molecule has 2 aromatic rings. The molecule has 1 atom stereocenters. The van der Waals surface area contributed by atoms with E-state index in [4.69, 9.17) is 14.6 Å². The molecular weight excluding hydrogens is 516 g/mol. The number of cyclic esters (lactones) is 1. The molecule has 0 aliphatic carbocycles. The maximum atomic E-state index is 11.6. The topological polar surface area (TPSA) is 93.1 Å². The predicted molar refractivity (Wildman–Crippen MR) is 166 cm³/mol. The van der Waals surface area contributed by atoms with Crippen molar-refractivity contribution in [3.8, 4) is 5.75 Å². The second kappa shape index (κ2) is 14.9. The van der Waals surface area contributed by atoms with Gasteiger partial charge in [0.15, 0.2) is 0 Å². The number of esters is 2.